The lowest BCUT2D eigenvalue weighted by Crippen LogP contribution is -2.24. The number of unbranched alkanes of at least 4 members (excludes halogenated alkanes) is 1. The predicted molar refractivity (Wildman–Crippen MR) is 75.8 cm³/mol. The molecule has 0 atom stereocenters. The van der Waals surface area contributed by atoms with Crippen molar-refractivity contribution in [3.05, 3.63) is 29.8 Å². The minimum Gasteiger partial charge on any atom is -0.497 e. The van der Waals surface area contributed by atoms with E-state index in [1.165, 1.54) is 0 Å². The first-order valence-electron chi connectivity index (χ1n) is 6.73. The summed E-state index contributed by atoms with van der Waals surface area (Å²) in [5.41, 5.74) is 1.06. The number of rotatable bonds is 9. The van der Waals surface area contributed by atoms with E-state index in [4.69, 9.17) is 9.84 Å². The number of nitrogens with one attached hydrogen (secondary N) is 1. The highest BCUT2D eigenvalue weighted by molar-refractivity contribution is 5.76. The lowest BCUT2D eigenvalue weighted by Gasteiger charge is -2.06. The number of methoxy groups -OCH3 is 1. The SMILES string of the molecule is COc1cccc(CCC(=O)NCCCCC(=O)O)c1. The molecule has 5 heteroatoms. The van der Waals surface area contributed by atoms with Crippen LogP contribution in [-0.2, 0) is 16.0 Å². The molecule has 0 fully saturated rings. The van der Waals surface area contributed by atoms with Gasteiger partial charge in [0.15, 0.2) is 0 Å². The van der Waals surface area contributed by atoms with E-state index in [1.54, 1.807) is 7.11 Å². The Labute approximate surface area is 118 Å². The number of carboxylic acid groups (broad SMARTS) is 1. The molecule has 1 amide bonds. The largest absolute Gasteiger partial charge is 0.497 e. The molecule has 0 aromatic heterocycles. The second-order valence-corrected chi connectivity index (χ2v) is 4.55. The van der Waals surface area contributed by atoms with Crippen LogP contribution in [0.5, 0.6) is 5.75 Å². The van der Waals surface area contributed by atoms with Crippen molar-refractivity contribution in [1.29, 1.82) is 0 Å². The van der Waals surface area contributed by atoms with Crippen LogP contribution in [0.1, 0.15) is 31.2 Å². The molecule has 0 saturated heterocycles. The van der Waals surface area contributed by atoms with Crippen molar-refractivity contribution in [1.82, 2.24) is 5.32 Å². The summed E-state index contributed by atoms with van der Waals surface area (Å²) in [6, 6.07) is 7.65. The zero-order chi connectivity index (χ0) is 14.8. The molecule has 0 heterocycles. The Morgan fingerprint density at radius 2 is 2.05 bits per heavy atom. The molecule has 5 nitrogen and oxygen atoms in total. The van der Waals surface area contributed by atoms with Crippen LogP contribution in [0.15, 0.2) is 24.3 Å². The number of ether oxygens (including phenoxy) is 1. The van der Waals surface area contributed by atoms with Gasteiger partial charge in [0.2, 0.25) is 5.91 Å². The van der Waals surface area contributed by atoms with E-state index >= 15 is 0 Å². The van der Waals surface area contributed by atoms with Crippen molar-refractivity contribution in [2.75, 3.05) is 13.7 Å². The molecule has 1 rings (SSSR count). The summed E-state index contributed by atoms with van der Waals surface area (Å²) < 4.78 is 5.12. The van der Waals surface area contributed by atoms with Crippen LogP contribution in [-0.4, -0.2) is 30.6 Å². The molecule has 1 aromatic rings. The van der Waals surface area contributed by atoms with Crippen LogP contribution in [0, 0.1) is 0 Å². The van der Waals surface area contributed by atoms with Gasteiger partial charge < -0.3 is 15.2 Å². The number of benzene rings is 1. The van der Waals surface area contributed by atoms with Crippen LogP contribution in [0.25, 0.3) is 0 Å². The smallest absolute Gasteiger partial charge is 0.303 e. The van der Waals surface area contributed by atoms with Crippen molar-refractivity contribution < 1.29 is 19.4 Å². The highest BCUT2D eigenvalue weighted by atomic mass is 16.5. The first-order valence-corrected chi connectivity index (χ1v) is 6.73. The third kappa shape index (κ3) is 6.78. The lowest BCUT2D eigenvalue weighted by molar-refractivity contribution is -0.137. The zero-order valence-corrected chi connectivity index (χ0v) is 11.7. The number of aryl methyl sites for hydroxylation is 1. The summed E-state index contributed by atoms with van der Waals surface area (Å²) in [4.78, 5) is 21.9. The zero-order valence-electron chi connectivity index (χ0n) is 11.7. The van der Waals surface area contributed by atoms with Gasteiger partial charge in [-0.1, -0.05) is 12.1 Å². The minimum absolute atomic E-state index is 0.0110. The van der Waals surface area contributed by atoms with E-state index in [9.17, 15) is 9.59 Å². The molecule has 0 radical (unpaired) electrons. The molecular formula is C15H21NO4. The van der Waals surface area contributed by atoms with Crippen molar-refractivity contribution in [2.24, 2.45) is 0 Å². The highest BCUT2D eigenvalue weighted by Crippen LogP contribution is 2.13. The van der Waals surface area contributed by atoms with Gasteiger partial charge >= 0.3 is 5.97 Å². The van der Waals surface area contributed by atoms with Crippen LogP contribution in [0.3, 0.4) is 0 Å². The van der Waals surface area contributed by atoms with Crippen molar-refractivity contribution in [3.8, 4) is 5.75 Å². The number of carboxylic acids is 1. The van der Waals surface area contributed by atoms with Crippen molar-refractivity contribution in [2.45, 2.75) is 32.1 Å². The van der Waals surface area contributed by atoms with Crippen LogP contribution in [0.2, 0.25) is 0 Å². The monoisotopic (exact) mass is 279 g/mol. The van der Waals surface area contributed by atoms with Gasteiger partial charge in [0.05, 0.1) is 7.11 Å². The van der Waals surface area contributed by atoms with E-state index in [2.05, 4.69) is 5.32 Å². The fraction of sp³-hybridized carbons (Fsp3) is 0.467. The minimum atomic E-state index is -0.797. The first kappa shape index (κ1) is 16.0. The average Bonchev–Trinajstić information content (AvgIpc) is 2.44. The second-order valence-electron chi connectivity index (χ2n) is 4.55. The van der Waals surface area contributed by atoms with Gasteiger partial charge in [0.25, 0.3) is 0 Å². The Morgan fingerprint density at radius 3 is 2.75 bits per heavy atom. The fourth-order valence-electron chi connectivity index (χ4n) is 1.80. The Hall–Kier alpha value is -2.04. The second kappa shape index (κ2) is 8.96. The van der Waals surface area contributed by atoms with Gasteiger partial charge in [-0.2, -0.15) is 0 Å². The number of hydrogen-bond donors (Lipinski definition) is 2. The van der Waals surface area contributed by atoms with Gasteiger partial charge in [-0.25, -0.2) is 0 Å². The number of aliphatic carboxylic acids is 1. The maximum atomic E-state index is 11.6. The summed E-state index contributed by atoms with van der Waals surface area (Å²) in [5, 5.41) is 11.3. The van der Waals surface area contributed by atoms with Gasteiger partial charge in [-0.05, 0) is 37.0 Å². The lowest BCUT2D eigenvalue weighted by atomic mass is 10.1. The van der Waals surface area contributed by atoms with E-state index in [0.717, 1.165) is 11.3 Å². The third-order valence-electron chi connectivity index (χ3n) is 2.91. The van der Waals surface area contributed by atoms with Crippen LogP contribution < -0.4 is 10.1 Å². The topological polar surface area (TPSA) is 75.6 Å². The van der Waals surface area contributed by atoms with E-state index in [1.807, 2.05) is 24.3 Å². The van der Waals surface area contributed by atoms with Crippen LogP contribution >= 0.6 is 0 Å². The molecule has 0 saturated carbocycles. The summed E-state index contributed by atoms with van der Waals surface area (Å²) in [7, 11) is 1.61. The molecule has 2 N–H and O–H groups in total. The predicted octanol–water partition coefficient (Wildman–Crippen LogP) is 2.00. The Kier molecular flexibility index (Phi) is 7.17. The maximum Gasteiger partial charge on any atom is 0.303 e. The molecule has 20 heavy (non-hydrogen) atoms. The summed E-state index contributed by atoms with van der Waals surface area (Å²) >= 11 is 0. The van der Waals surface area contributed by atoms with E-state index in [-0.39, 0.29) is 12.3 Å². The Morgan fingerprint density at radius 1 is 1.25 bits per heavy atom. The first-order chi connectivity index (χ1) is 9.61. The Bertz CT molecular complexity index is 445. The van der Waals surface area contributed by atoms with Crippen LogP contribution in [0.4, 0.5) is 0 Å². The van der Waals surface area contributed by atoms with Gasteiger partial charge in [0.1, 0.15) is 5.75 Å². The normalized spacial score (nSPS) is 10.1. The van der Waals surface area contributed by atoms with Gasteiger partial charge in [-0.15, -0.1) is 0 Å². The number of amides is 1. The third-order valence-corrected chi connectivity index (χ3v) is 2.91. The quantitative estimate of drug-likeness (QED) is 0.678. The maximum absolute atomic E-state index is 11.6. The molecule has 0 unspecified atom stereocenters. The summed E-state index contributed by atoms with van der Waals surface area (Å²) in [6.07, 6.45) is 2.52. The molecule has 0 aliphatic carbocycles. The molecule has 1 aromatic carbocycles. The summed E-state index contributed by atoms with van der Waals surface area (Å²) in [6.45, 7) is 0.532. The van der Waals surface area contributed by atoms with Crippen molar-refractivity contribution in [3.63, 3.8) is 0 Å². The van der Waals surface area contributed by atoms with E-state index in [0.29, 0.717) is 32.2 Å². The molecule has 0 aliphatic heterocycles. The number of hydrogen-bond acceptors (Lipinski definition) is 3. The van der Waals surface area contributed by atoms with Gasteiger partial charge in [0, 0.05) is 19.4 Å². The number of carbonyl (C=O) groups is 2. The van der Waals surface area contributed by atoms with E-state index < -0.39 is 5.97 Å². The molecule has 0 aliphatic rings. The molecule has 0 spiro atoms. The fourth-order valence-corrected chi connectivity index (χ4v) is 1.80. The molecule has 0 bridgehead atoms. The van der Waals surface area contributed by atoms with Crippen molar-refractivity contribution >= 4 is 11.9 Å². The summed E-state index contributed by atoms with van der Waals surface area (Å²) in [5.74, 6) is -0.0194. The average molecular weight is 279 g/mol. The number of carbonyl (C=O) groups excluding carboxylic acids is 1. The highest BCUT2D eigenvalue weighted by Gasteiger charge is 2.03. The molecule has 110 valence electrons. The van der Waals surface area contributed by atoms with Gasteiger partial charge in [-0.3, -0.25) is 9.59 Å². The standard InChI is InChI=1S/C15H21NO4/c1-20-13-6-4-5-12(11-13)8-9-14(17)16-10-3-2-7-15(18)19/h4-6,11H,2-3,7-10H2,1H3,(H,16,17)(H,18,19). The Balaban J connectivity index is 2.17. The molecular weight excluding hydrogens is 258 g/mol.